The SMILES string of the molecule is CC1(C)NC(=O)N(CCCSc2nnc(-c3ccc[nH]3)o2)C1=O. The highest BCUT2D eigenvalue weighted by Crippen LogP contribution is 2.23. The van der Waals surface area contributed by atoms with Gasteiger partial charge in [-0.2, -0.15) is 0 Å². The summed E-state index contributed by atoms with van der Waals surface area (Å²) in [6, 6.07) is 3.37. The Hall–Kier alpha value is -2.29. The van der Waals surface area contributed by atoms with Crippen LogP contribution in [-0.4, -0.2) is 49.9 Å². The number of H-pyrrole nitrogens is 1. The van der Waals surface area contributed by atoms with Crippen molar-refractivity contribution in [1.82, 2.24) is 25.4 Å². The molecular formula is C14H17N5O3S. The number of nitrogens with one attached hydrogen (secondary N) is 2. The zero-order valence-electron chi connectivity index (χ0n) is 12.8. The molecule has 2 aromatic heterocycles. The number of urea groups is 1. The van der Waals surface area contributed by atoms with Crippen LogP contribution < -0.4 is 5.32 Å². The van der Waals surface area contributed by atoms with E-state index in [0.717, 1.165) is 5.69 Å². The first-order chi connectivity index (χ1) is 11.0. The van der Waals surface area contributed by atoms with Crippen LogP contribution in [0.5, 0.6) is 0 Å². The number of amides is 3. The molecule has 1 saturated heterocycles. The molecule has 0 aliphatic carbocycles. The van der Waals surface area contributed by atoms with E-state index in [4.69, 9.17) is 4.42 Å². The maximum atomic E-state index is 12.0. The fourth-order valence-electron chi connectivity index (χ4n) is 2.24. The number of aromatic amines is 1. The van der Waals surface area contributed by atoms with Crippen LogP contribution in [-0.2, 0) is 4.79 Å². The molecule has 122 valence electrons. The number of hydrogen-bond acceptors (Lipinski definition) is 6. The van der Waals surface area contributed by atoms with Crippen LogP contribution in [0.1, 0.15) is 20.3 Å². The highest BCUT2D eigenvalue weighted by atomic mass is 32.2. The normalized spacial score (nSPS) is 16.9. The van der Waals surface area contributed by atoms with E-state index in [1.165, 1.54) is 16.7 Å². The Bertz CT molecular complexity index is 710. The maximum Gasteiger partial charge on any atom is 0.325 e. The van der Waals surface area contributed by atoms with Crippen molar-refractivity contribution < 1.29 is 14.0 Å². The number of rotatable bonds is 6. The number of carbonyl (C=O) groups excluding carboxylic acids is 2. The van der Waals surface area contributed by atoms with E-state index in [1.54, 1.807) is 20.0 Å². The molecule has 9 heteroatoms. The molecule has 8 nitrogen and oxygen atoms in total. The number of carbonyl (C=O) groups is 2. The van der Waals surface area contributed by atoms with Crippen molar-refractivity contribution in [2.75, 3.05) is 12.3 Å². The van der Waals surface area contributed by atoms with Crippen molar-refractivity contribution >= 4 is 23.7 Å². The molecule has 0 unspecified atom stereocenters. The average molecular weight is 335 g/mol. The van der Waals surface area contributed by atoms with E-state index >= 15 is 0 Å². The molecular weight excluding hydrogens is 318 g/mol. The van der Waals surface area contributed by atoms with E-state index in [1.807, 2.05) is 12.1 Å². The predicted molar refractivity (Wildman–Crippen MR) is 83.7 cm³/mol. The van der Waals surface area contributed by atoms with Crippen molar-refractivity contribution in [3.63, 3.8) is 0 Å². The smallest absolute Gasteiger partial charge is 0.325 e. The summed E-state index contributed by atoms with van der Waals surface area (Å²) in [4.78, 5) is 28.0. The summed E-state index contributed by atoms with van der Waals surface area (Å²) in [5, 5.41) is 11.0. The zero-order valence-corrected chi connectivity index (χ0v) is 13.6. The van der Waals surface area contributed by atoms with Crippen molar-refractivity contribution in [2.45, 2.75) is 31.0 Å². The quantitative estimate of drug-likeness (QED) is 0.474. The summed E-state index contributed by atoms with van der Waals surface area (Å²) in [5.74, 6) is 0.914. The summed E-state index contributed by atoms with van der Waals surface area (Å²) >= 11 is 1.40. The Balaban J connectivity index is 1.47. The molecule has 3 heterocycles. The number of thioether (sulfide) groups is 1. The van der Waals surface area contributed by atoms with Gasteiger partial charge >= 0.3 is 6.03 Å². The van der Waals surface area contributed by atoms with Crippen LogP contribution in [0.25, 0.3) is 11.6 Å². The highest BCUT2D eigenvalue weighted by Gasteiger charge is 2.43. The lowest BCUT2D eigenvalue weighted by atomic mass is 10.1. The summed E-state index contributed by atoms with van der Waals surface area (Å²) < 4.78 is 5.53. The first-order valence-corrected chi connectivity index (χ1v) is 8.20. The number of hydrogen-bond donors (Lipinski definition) is 2. The van der Waals surface area contributed by atoms with Crippen molar-refractivity contribution in [2.24, 2.45) is 0 Å². The molecule has 3 rings (SSSR count). The minimum atomic E-state index is -0.818. The molecule has 2 N–H and O–H groups in total. The van der Waals surface area contributed by atoms with E-state index in [-0.39, 0.29) is 11.9 Å². The number of nitrogens with zero attached hydrogens (tertiary/aromatic N) is 3. The second-order valence-corrected chi connectivity index (χ2v) is 6.72. The van der Waals surface area contributed by atoms with Gasteiger partial charge in [-0.1, -0.05) is 11.8 Å². The second-order valence-electron chi connectivity index (χ2n) is 5.67. The van der Waals surface area contributed by atoms with Crippen molar-refractivity contribution in [3.8, 4) is 11.6 Å². The Morgan fingerprint density at radius 2 is 2.17 bits per heavy atom. The molecule has 0 bridgehead atoms. The minimum absolute atomic E-state index is 0.195. The second kappa shape index (κ2) is 6.07. The van der Waals surface area contributed by atoms with Crippen molar-refractivity contribution in [1.29, 1.82) is 0 Å². The first-order valence-electron chi connectivity index (χ1n) is 7.21. The monoisotopic (exact) mass is 335 g/mol. The first kappa shape index (κ1) is 15.6. The minimum Gasteiger partial charge on any atom is -0.410 e. The maximum absolute atomic E-state index is 12.0. The largest absolute Gasteiger partial charge is 0.410 e. The van der Waals surface area contributed by atoms with Gasteiger partial charge in [-0.15, -0.1) is 10.2 Å². The number of imide groups is 1. The Kier molecular flexibility index (Phi) is 4.12. The van der Waals surface area contributed by atoms with E-state index < -0.39 is 5.54 Å². The fourth-order valence-corrected chi connectivity index (χ4v) is 2.93. The van der Waals surface area contributed by atoms with Crippen LogP contribution in [0.15, 0.2) is 28.0 Å². The van der Waals surface area contributed by atoms with Crippen LogP contribution in [0.3, 0.4) is 0 Å². The molecule has 1 fully saturated rings. The molecule has 0 radical (unpaired) electrons. The molecule has 0 atom stereocenters. The summed E-state index contributed by atoms with van der Waals surface area (Å²) in [5.41, 5.74) is -0.0484. The third-order valence-electron chi connectivity index (χ3n) is 3.43. The number of aromatic nitrogens is 3. The lowest BCUT2D eigenvalue weighted by molar-refractivity contribution is -0.130. The molecule has 1 aliphatic heterocycles. The standard InChI is InChI=1S/C14H17N5O3S/c1-14(2)11(20)19(12(21)16-14)7-4-8-23-13-18-17-10(22-13)9-5-3-6-15-9/h3,5-6,15H,4,7-8H2,1-2H3,(H,16,21). The fraction of sp³-hybridized carbons (Fsp3) is 0.429. The van der Waals surface area contributed by atoms with Gasteiger partial charge in [-0.05, 0) is 32.4 Å². The third kappa shape index (κ3) is 3.24. The van der Waals surface area contributed by atoms with E-state index in [2.05, 4.69) is 20.5 Å². The van der Waals surface area contributed by atoms with Gasteiger partial charge in [-0.3, -0.25) is 9.69 Å². The van der Waals surface area contributed by atoms with Gasteiger partial charge in [0.1, 0.15) is 11.2 Å². The van der Waals surface area contributed by atoms with Crippen molar-refractivity contribution in [3.05, 3.63) is 18.3 Å². The third-order valence-corrected chi connectivity index (χ3v) is 4.34. The predicted octanol–water partition coefficient (Wildman–Crippen LogP) is 1.88. The molecule has 0 spiro atoms. The lowest BCUT2D eigenvalue weighted by Gasteiger charge is -2.15. The van der Waals surface area contributed by atoms with Gasteiger partial charge in [0.05, 0.1) is 0 Å². The summed E-state index contributed by atoms with van der Waals surface area (Å²) in [6.07, 6.45) is 2.44. The molecule has 0 saturated carbocycles. The summed E-state index contributed by atoms with van der Waals surface area (Å²) in [7, 11) is 0. The van der Waals surface area contributed by atoms with Gasteiger partial charge in [-0.25, -0.2) is 4.79 Å². The van der Waals surface area contributed by atoms with E-state index in [0.29, 0.717) is 29.8 Å². The van der Waals surface area contributed by atoms with Crippen LogP contribution in [0, 0.1) is 0 Å². The molecule has 23 heavy (non-hydrogen) atoms. The summed E-state index contributed by atoms with van der Waals surface area (Å²) in [6.45, 7) is 3.77. The van der Waals surface area contributed by atoms with Gasteiger partial charge < -0.3 is 14.7 Å². The molecule has 2 aromatic rings. The van der Waals surface area contributed by atoms with Gasteiger partial charge in [0, 0.05) is 18.5 Å². The molecule has 0 aromatic carbocycles. The van der Waals surface area contributed by atoms with Gasteiger partial charge in [0.2, 0.25) is 0 Å². The topological polar surface area (TPSA) is 104 Å². The molecule has 3 amide bonds. The average Bonchev–Trinajstić information content (AvgIpc) is 3.19. The Morgan fingerprint density at radius 3 is 2.83 bits per heavy atom. The van der Waals surface area contributed by atoms with Gasteiger partial charge in [0.25, 0.3) is 17.0 Å². The van der Waals surface area contributed by atoms with Gasteiger partial charge in [0.15, 0.2) is 0 Å². The van der Waals surface area contributed by atoms with E-state index in [9.17, 15) is 9.59 Å². The lowest BCUT2D eigenvalue weighted by Crippen LogP contribution is -2.40. The Labute approximate surface area is 137 Å². The van der Waals surface area contributed by atoms with Crippen LogP contribution in [0.4, 0.5) is 4.79 Å². The van der Waals surface area contributed by atoms with Crippen LogP contribution in [0.2, 0.25) is 0 Å². The van der Waals surface area contributed by atoms with Crippen LogP contribution >= 0.6 is 11.8 Å². The zero-order chi connectivity index (χ0) is 16.4. The Morgan fingerprint density at radius 1 is 1.35 bits per heavy atom. The highest BCUT2D eigenvalue weighted by molar-refractivity contribution is 7.99. The molecule has 1 aliphatic rings.